The predicted octanol–water partition coefficient (Wildman–Crippen LogP) is 1.22. The van der Waals surface area contributed by atoms with E-state index in [1.807, 2.05) is 13.8 Å². The first-order valence-corrected chi connectivity index (χ1v) is 5.51. The molecule has 0 aliphatic carbocycles. The van der Waals surface area contributed by atoms with Gasteiger partial charge in [0.25, 0.3) is 0 Å². The van der Waals surface area contributed by atoms with E-state index in [0.29, 0.717) is 11.7 Å². The number of sulfone groups is 1. The van der Waals surface area contributed by atoms with Crippen molar-refractivity contribution in [2.45, 2.75) is 31.9 Å². The Balaban J connectivity index is 2.84. The Hall–Kier alpha value is -0.0500. The number of hydrogen-bond acceptors (Lipinski definition) is 2. The molecular weight excluding hydrogens is 148 g/mol. The molecule has 1 rings (SSSR count). The summed E-state index contributed by atoms with van der Waals surface area (Å²) in [4.78, 5) is 0. The molecule has 0 amide bonds. The summed E-state index contributed by atoms with van der Waals surface area (Å²) in [6.45, 7) is 3.97. The molecule has 0 bridgehead atoms. The van der Waals surface area contributed by atoms with E-state index < -0.39 is 9.84 Å². The van der Waals surface area contributed by atoms with Gasteiger partial charge >= 0.3 is 0 Å². The van der Waals surface area contributed by atoms with Crippen molar-refractivity contribution < 1.29 is 8.42 Å². The molecule has 0 aromatic carbocycles. The fourth-order valence-electron chi connectivity index (χ4n) is 1.70. The van der Waals surface area contributed by atoms with Gasteiger partial charge in [0.05, 0.1) is 11.0 Å². The zero-order valence-electron chi connectivity index (χ0n) is 6.50. The SMILES string of the molecule is CCC1C(C)CCS1(=O)=O. The van der Waals surface area contributed by atoms with Gasteiger partial charge < -0.3 is 0 Å². The summed E-state index contributed by atoms with van der Waals surface area (Å²) >= 11 is 0. The molecule has 1 fully saturated rings. The molecule has 0 aromatic rings. The van der Waals surface area contributed by atoms with Crippen molar-refractivity contribution in [2.24, 2.45) is 5.92 Å². The van der Waals surface area contributed by atoms with Gasteiger partial charge in [0, 0.05) is 0 Å². The van der Waals surface area contributed by atoms with Crippen molar-refractivity contribution in [1.29, 1.82) is 0 Å². The Morgan fingerprint density at radius 1 is 1.50 bits per heavy atom. The van der Waals surface area contributed by atoms with Gasteiger partial charge in [0.2, 0.25) is 0 Å². The van der Waals surface area contributed by atoms with Crippen molar-refractivity contribution >= 4 is 9.84 Å². The first kappa shape index (κ1) is 8.05. The summed E-state index contributed by atoms with van der Waals surface area (Å²) in [5.74, 6) is 0.794. The topological polar surface area (TPSA) is 34.1 Å². The van der Waals surface area contributed by atoms with Crippen LogP contribution in [-0.4, -0.2) is 19.4 Å². The lowest BCUT2D eigenvalue weighted by molar-refractivity contribution is 0.530. The van der Waals surface area contributed by atoms with E-state index in [9.17, 15) is 8.42 Å². The van der Waals surface area contributed by atoms with Crippen molar-refractivity contribution in [3.8, 4) is 0 Å². The van der Waals surface area contributed by atoms with Gasteiger partial charge in [-0.15, -0.1) is 0 Å². The summed E-state index contributed by atoms with van der Waals surface area (Å²) in [7, 11) is -2.69. The zero-order chi connectivity index (χ0) is 7.78. The van der Waals surface area contributed by atoms with E-state index in [0.717, 1.165) is 12.8 Å². The van der Waals surface area contributed by atoms with E-state index >= 15 is 0 Å². The summed E-state index contributed by atoms with van der Waals surface area (Å²) < 4.78 is 22.4. The summed E-state index contributed by atoms with van der Waals surface area (Å²) in [5.41, 5.74) is 0. The van der Waals surface area contributed by atoms with Crippen molar-refractivity contribution in [1.82, 2.24) is 0 Å². The van der Waals surface area contributed by atoms with Crippen LogP contribution in [-0.2, 0) is 9.84 Å². The molecule has 10 heavy (non-hydrogen) atoms. The van der Waals surface area contributed by atoms with Gasteiger partial charge in [-0.2, -0.15) is 0 Å². The second-order valence-corrected chi connectivity index (χ2v) is 5.42. The lowest BCUT2D eigenvalue weighted by atomic mass is 10.0. The van der Waals surface area contributed by atoms with Crippen molar-refractivity contribution in [2.75, 3.05) is 5.75 Å². The van der Waals surface area contributed by atoms with Gasteiger partial charge in [-0.3, -0.25) is 0 Å². The molecule has 0 spiro atoms. The fourth-order valence-corrected chi connectivity index (χ4v) is 4.05. The lowest BCUT2D eigenvalue weighted by Crippen LogP contribution is -2.19. The summed E-state index contributed by atoms with van der Waals surface area (Å²) in [6.07, 6.45) is 1.64. The van der Waals surface area contributed by atoms with Crippen molar-refractivity contribution in [3.63, 3.8) is 0 Å². The third-order valence-corrected chi connectivity index (χ3v) is 4.88. The highest BCUT2D eigenvalue weighted by atomic mass is 32.2. The molecule has 2 atom stereocenters. The summed E-state index contributed by atoms with van der Waals surface area (Å²) in [5, 5.41) is -0.0486. The van der Waals surface area contributed by atoms with Crippen LogP contribution in [0.5, 0.6) is 0 Å². The normalized spacial score (nSPS) is 38.2. The van der Waals surface area contributed by atoms with Crippen LogP contribution in [0.25, 0.3) is 0 Å². The largest absolute Gasteiger partial charge is 0.229 e. The molecule has 3 heteroatoms. The van der Waals surface area contributed by atoms with Crippen LogP contribution in [0.3, 0.4) is 0 Å². The molecule has 0 aromatic heterocycles. The molecule has 1 saturated heterocycles. The Morgan fingerprint density at radius 2 is 2.10 bits per heavy atom. The Labute approximate surface area is 62.5 Å². The highest BCUT2D eigenvalue weighted by molar-refractivity contribution is 7.92. The number of rotatable bonds is 1. The van der Waals surface area contributed by atoms with Gasteiger partial charge in [0.1, 0.15) is 0 Å². The maximum atomic E-state index is 11.2. The average Bonchev–Trinajstić information content (AvgIpc) is 2.07. The van der Waals surface area contributed by atoms with E-state index in [2.05, 4.69) is 0 Å². The van der Waals surface area contributed by atoms with Gasteiger partial charge in [-0.1, -0.05) is 13.8 Å². The third kappa shape index (κ3) is 1.19. The first-order chi connectivity index (χ1) is 4.58. The Kier molecular flexibility index (Phi) is 2.04. The van der Waals surface area contributed by atoms with E-state index in [1.165, 1.54) is 0 Å². The van der Waals surface area contributed by atoms with E-state index in [-0.39, 0.29) is 5.25 Å². The van der Waals surface area contributed by atoms with E-state index in [1.54, 1.807) is 0 Å². The molecule has 2 unspecified atom stereocenters. The molecule has 2 nitrogen and oxygen atoms in total. The Morgan fingerprint density at radius 3 is 2.30 bits per heavy atom. The second kappa shape index (κ2) is 2.53. The molecule has 1 aliphatic rings. The van der Waals surface area contributed by atoms with Crippen LogP contribution in [0.4, 0.5) is 0 Å². The van der Waals surface area contributed by atoms with Crippen molar-refractivity contribution in [3.05, 3.63) is 0 Å². The maximum Gasteiger partial charge on any atom is 0.153 e. The predicted molar refractivity (Wildman–Crippen MR) is 41.6 cm³/mol. The maximum absolute atomic E-state index is 11.2. The van der Waals surface area contributed by atoms with Crippen LogP contribution < -0.4 is 0 Å². The highest BCUT2D eigenvalue weighted by Gasteiger charge is 2.35. The van der Waals surface area contributed by atoms with Crippen LogP contribution in [0.1, 0.15) is 26.7 Å². The highest BCUT2D eigenvalue weighted by Crippen LogP contribution is 2.28. The first-order valence-electron chi connectivity index (χ1n) is 3.79. The second-order valence-electron chi connectivity index (χ2n) is 3.08. The minimum absolute atomic E-state index is 0.0486. The van der Waals surface area contributed by atoms with Crippen LogP contribution >= 0.6 is 0 Å². The standard InChI is InChI=1S/C7H14O2S/c1-3-7-6(2)4-5-10(7,8)9/h6-7H,3-5H2,1-2H3. The molecule has 0 radical (unpaired) electrons. The molecular formula is C7H14O2S. The fraction of sp³-hybridized carbons (Fsp3) is 1.00. The minimum atomic E-state index is -2.69. The molecule has 60 valence electrons. The molecule has 1 aliphatic heterocycles. The molecule has 0 N–H and O–H groups in total. The monoisotopic (exact) mass is 162 g/mol. The third-order valence-electron chi connectivity index (χ3n) is 2.36. The Bertz CT molecular complexity index is 206. The molecule has 0 saturated carbocycles. The lowest BCUT2D eigenvalue weighted by Gasteiger charge is -2.09. The number of hydrogen-bond donors (Lipinski definition) is 0. The van der Waals surface area contributed by atoms with Crippen LogP contribution in [0, 0.1) is 5.92 Å². The minimum Gasteiger partial charge on any atom is -0.229 e. The molecule has 1 heterocycles. The van der Waals surface area contributed by atoms with Crippen LogP contribution in [0.2, 0.25) is 0 Å². The van der Waals surface area contributed by atoms with Gasteiger partial charge in [0.15, 0.2) is 9.84 Å². The van der Waals surface area contributed by atoms with E-state index in [4.69, 9.17) is 0 Å². The smallest absolute Gasteiger partial charge is 0.153 e. The van der Waals surface area contributed by atoms with Gasteiger partial charge in [-0.05, 0) is 18.8 Å². The van der Waals surface area contributed by atoms with Crippen LogP contribution in [0.15, 0.2) is 0 Å². The quantitative estimate of drug-likeness (QED) is 0.581. The zero-order valence-corrected chi connectivity index (χ0v) is 7.32. The summed E-state index contributed by atoms with van der Waals surface area (Å²) in [6, 6.07) is 0. The average molecular weight is 162 g/mol. The van der Waals surface area contributed by atoms with Gasteiger partial charge in [-0.25, -0.2) is 8.42 Å².